The van der Waals surface area contributed by atoms with Gasteiger partial charge in [-0.2, -0.15) is 0 Å². The minimum atomic E-state index is -3.42. The summed E-state index contributed by atoms with van der Waals surface area (Å²) in [5.41, 5.74) is 0.405. The van der Waals surface area contributed by atoms with Gasteiger partial charge in [0.2, 0.25) is 10.0 Å². The summed E-state index contributed by atoms with van der Waals surface area (Å²) < 4.78 is 31.8. The number of thiazole rings is 1. The van der Waals surface area contributed by atoms with Gasteiger partial charge >= 0.3 is 5.97 Å². The van der Waals surface area contributed by atoms with Crippen LogP contribution in [0.4, 0.5) is 0 Å². The number of nitrogens with zero attached hydrogens (tertiary/aromatic N) is 1. The molecule has 112 valence electrons. The molecule has 1 aliphatic rings. The highest BCUT2D eigenvalue weighted by Gasteiger charge is 2.27. The molecule has 1 aliphatic heterocycles. The third-order valence-electron chi connectivity index (χ3n) is 3.07. The van der Waals surface area contributed by atoms with Gasteiger partial charge in [-0.15, -0.1) is 11.3 Å². The van der Waals surface area contributed by atoms with E-state index in [9.17, 15) is 13.2 Å². The first-order valence-electron chi connectivity index (χ1n) is 6.16. The Morgan fingerprint density at radius 1 is 1.50 bits per heavy atom. The molecular formula is C11H16N2O5S2. The second-order valence-corrected chi connectivity index (χ2v) is 7.63. The molecule has 1 fully saturated rings. The van der Waals surface area contributed by atoms with Crippen LogP contribution >= 0.6 is 11.3 Å². The van der Waals surface area contributed by atoms with Crippen molar-refractivity contribution in [2.24, 2.45) is 0 Å². The number of hydrogen-bond donors (Lipinski definition) is 2. The van der Waals surface area contributed by atoms with Crippen LogP contribution in [0.1, 0.15) is 33.2 Å². The lowest BCUT2D eigenvalue weighted by molar-refractivity contribution is 0.0701. The number of ether oxygens (including phenoxy) is 1. The second-order valence-electron chi connectivity index (χ2n) is 4.51. The van der Waals surface area contributed by atoms with Crippen molar-refractivity contribution in [2.45, 2.75) is 31.6 Å². The van der Waals surface area contributed by atoms with Gasteiger partial charge in [0.05, 0.1) is 17.5 Å². The van der Waals surface area contributed by atoms with E-state index in [0.29, 0.717) is 36.8 Å². The average molecular weight is 320 g/mol. The zero-order chi connectivity index (χ0) is 14.8. The maximum absolute atomic E-state index is 12.1. The first kappa shape index (κ1) is 15.4. The highest BCUT2D eigenvalue weighted by atomic mass is 32.2. The second kappa shape index (κ2) is 6.17. The number of carboxylic acids is 1. The van der Waals surface area contributed by atoms with Crippen molar-refractivity contribution in [1.29, 1.82) is 0 Å². The van der Waals surface area contributed by atoms with Crippen LogP contribution in [0.3, 0.4) is 0 Å². The summed E-state index contributed by atoms with van der Waals surface area (Å²) in [5, 5.41) is 8.94. The molecule has 1 saturated heterocycles. The number of sulfonamides is 1. The van der Waals surface area contributed by atoms with Gasteiger partial charge < -0.3 is 9.84 Å². The molecule has 0 bridgehead atoms. The molecule has 0 aromatic carbocycles. The summed E-state index contributed by atoms with van der Waals surface area (Å²) >= 11 is 0.993. The number of carboxylic acid groups (broad SMARTS) is 1. The molecule has 0 atom stereocenters. The number of rotatable bonds is 5. The summed E-state index contributed by atoms with van der Waals surface area (Å²) in [6, 6.07) is 0. The monoisotopic (exact) mass is 320 g/mol. The van der Waals surface area contributed by atoms with E-state index in [-0.39, 0.29) is 11.4 Å². The Balaban J connectivity index is 2.00. The van der Waals surface area contributed by atoms with Gasteiger partial charge in [0.1, 0.15) is 9.88 Å². The molecule has 7 nitrogen and oxygen atoms in total. The molecule has 1 aromatic rings. The molecule has 0 spiro atoms. The third kappa shape index (κ3) is 3.54. The van der Waals surface area contributed by atoms with Crippen LogP contribution in [0.25, 0.3) is 0 Å². The van der Waals surface area contributed by atoms with E-state index in [0.717, 1.165) is 11.3 Å². The van der Waals surface area contributed by atoms with E-state index < -0.39 is 21.2 Å². The lowest BCUT2D eigenvalue weighted by Gasteiger charge is -2.22. The predicted octanol–water partition coefficient (Wildman–Crippen LogP) is 0.748. The Hall–Kier alpha value is -1.03. The first-order valence-corrected chi connectivity index (χ1v) is 8.52. The molecule has 0 radical (unpaired) electrons. The zero-order valence-electron chi connectivity index (χ0n) is 11.0. The van der Waals surface area contributed by atoms with E-state index in [1.165, 1.54) is 0 Å². The van der Waals surface area contributed by atoms with Crippen LogP contribution in [0.15, 0.2) is 0 Å². The van der Waals surface area contributed by atoms with E-state index >= 15 is 0 Å². The van der Waals surface area contributed by atoms with Crippen molar-refractivity contribution in [2.75, 3.05) is 13.2 Å². The standard InChI is InChI=1S/C11H16N2O5S2/c1-7-10(11(14)15)19-9(13-7)6-12-20(16,17)8-2-4-18-5-3-8/h8,12H,2-6H2,1H3,(H,14,15). The lowest BCUT2D eigenvalue weighted by Crippen LogP contribution is -2.37. The molecule has 9 heteroatoms. The van der Waals surface area contributed by atoms with Crippen molar-refractivity contribution < 1.29 is 23.1 Å². The lowest BCUT2D eigenvalue weighted by atomic mass is 10.2. The highest BCUT2D eigenvalue weighted by molar-refractivity contribution is 7.90. The average Bonchev–Trinajstić information content (AvgIpc) is 2.79. The summed E-state index contributed by atoms with van der Waals surface area (Å²) in [6.07, 6.45) is 0.958. The van der Waals surface area contributed by atoms with Crippen LogP contribution in [0, 0.1) is 6.92 Å². The van der Waals surface area contributed by atoms with E-state index in [1.807, 2.05) is 0 Å². The Morgan fingerprint density at radius 2 is 2.15 bits per heavy atom. The van der Waals surface area contributed by atoms with Crippen molar-refractivity contribution in [3.8, 4) is 0 Å². The summed E-state index contributed by atoms with van der Waals surface area (Å²) in [5.74, 6) is -1.04. The summed E-state index contributed by atoms with van der Waals surface area (Å²) in [7, 11) is -3.42. The Morgan fingerprint density at radius 3 is 2.70 bits per heavy atom. The van der Waals surface area contributed by atoms with Gasteiger partial charge in [0.25, 0.3) is 0 Å². The van der Waals surface area contributed by atoms with Gasteiger partial charge in [0.15, 0.2) is 0 Å². The third-order valence-corrected chi connectivity index (χ3v) is 6.11. The maximum Gasteiger partial charge on any atom is 0.347 e. The topological polar surface area (TPSA) is 106 Å². The number of hydrogen-bond acceptors (Lipinski definition) is 6. The minimum Gasteiger partial charge on any atom is -0.477 e. The molecule has 0 aliphatic carbocycles. The molecule has 0 saturated carbocycles. The number of aromatic nitrogens is 1. The van der Waals surface area contributed by atoms with Crippen LogP contribution in [-0.2, 0) is 21.3 Å². The Labute approximate surface area is 121 Å². The van der Waals surface area contributed by atoms with Gasteiger partial charge in [-0.25, -0.2) is 22.9 Å². The maximum atomic E-state index is 12.1. The van der Waals surface area contributed by atoms with Crippen LogP contribution in [0.2, 0.25) is 0 Å². The Bertz CT molecular complexity index is 590. The largest absolute Gasteiger partial charge is 0.477 e. The number of aromatic carboxylic acids is 1. The first-order chi connectivity index (χ1) is 9.40. The van der Waals surface area contributed by atoms with Crippen molar-refractivity contribution in [3.63, 3.8) is 0 Å². The fourth-order valence-corrected chi connectivity index (χ4v) is 4.31. The summed E-state index contributed by atoms with van der Waals surface area (Å²) in [6.45, 7) is 2.52. The van der Waals surface area contributed by atoms with Crippen LogP contribution in [-0.4, -0.2) is 42.9 Å². The number of nitrogens with one attached hydrogen (secondary N) is 1. The van der Waals surface area contributed by atoms with E-state index in [4.69, 9.17) is 9.84 Å². The van der Waals surface area contributed by atoms with Gasteiger partial charge in [0, 0.05) is 13.2 Å². The predicted molar refractivity (Wildman–Crippen MR) is 73.4 cm³/mol. The quantitative estimate of drug-likeness (QED) is 0.829. The molecule has 0 amide bonds. The van der Waals surface area contributed by atoms with Crippen molar-refractivity contribution in [3.05, 3.63) is 15.6 Å². The molecular weight excluding hydrogens is 304 g/mol. The normalized spacial score (nSPS) is 17.2. The fourth-order valence-electron chi connectivity index (χ4n) is 1.99. The fraction of sp³-hybridized carbons (Fsp3) is 0.636. The van der Waals surface area contributed by atoms with Gasteiger partial charge in [-0.05, 0) is 19.8 Å². The molecule has 2 N–H and O–H groups in total. The highest BCUT2D eigenvalue weighted by Crippen LogP contribution is 2.19. The molecule has 0 unspecified atom stereocenters. The molecule has 2 heterocycles. The number of aryl methyl sites for hydroxylation is 1. The van der Waals surface area contributed by atoms with Crippen LogP contribution in [0.5, 0.6) is 0 Å². The van der Waals surface area contributed by atoms with Gasteiger partial charge in [-0.1, -0.05) is 0 Å². The molecule has 2 rings (SSSR count). The molecule has 20 heavy (non-hydrogen) atoms. The van der Waals surface area contributed by atoms with Crippen LogP contribution < -0.4 is 4.72 Å². The van der Waals surface area contributed by atoms with Gasteiger partial charge in [-0.3, -0.25) is 0 Å². The van der Waals surface area contributed by atoms with E-state index in [2.05, 4.69) is 9.71 Å². The van der Waals surface area contributed by atoms with E-state index in [1.54, 1.807) is 6.92 Å². The SMILES string of the molecule is Cc1nc(CNS(=O)(=O)C2CCOCC2)sc1C(=O)O. The summed E-state index contributed by atoms with van der Waals surface area (Å²) in [4.78, 5) is 15.1. The Kier molecular flexibility index (Phi) is 4.74. The van der Waals surface area contributed by atoms with Crippen molar-refractivity contribution >= 4 is 27.3 Å². The smallest absolute Gasteiger partial charge is 0.347 e. The number of carbonyl (C=O) groups is 1. The van der Waals surface area contributed by atoms with Crippen molar-refractivity contribution in [1.82, 2.24) is 9.71 Å². The molecule has 1 aromatic heterocycles. The zero-order valence-corrected chi connectivity index (χ0v) is 12.6. The minimum absolute atomic E-state index is 0.0263.